The Labute approximate surface area is 97.6 Å². The fraction of sp³-hybridized carbons (Fsp3) is 0.333. The van der Waals surface area contributed by atoms with Crippen LogP contribution in [0, 0.1) is 0 Å². The number of benzene rings is 1. The predicted octanol–water partition coefficient (Wildman–Crippen LogP) is 0.880. The Morgan fingerprint density at radius 1 is 1.47 bits per heavy atom. The SMILES string of the molecule is COc1ccc2c(C3(N)CC3)[nH]c(=O)nc2c1. The molecule has 17 heavy (non-hydrogen) atoms. The molecule has 5 heteroatoms. The quantitative estimate of drug-likeness (QED) is 0.803. The van der Waals surface area contributed by atoms with Crippen molar-refractivity contribution in [1.29, 1.82) is 0 Å². The summed E-state index contributed by atoms with van der Waals surface area (Å²) >= 11 is 0. The van der Waals surface area contributed by atoms with E-state index < -0.39 is 0 Å². The highest BCUT2D eigenvalue weighted by atomic mass is 16.5. The van der Waals surface area contributed by atoms with Gasteiger partial charge in [0.15, 0.2) is 0 Å². The molecule has 0 unspecified atom stereocenters. The molecular formula is C12H13N3O2. The lowest BCUT2D eigenvalue weighted by atomic mass is 10.1. The van der Waals surface area contributed by atoms with Gasteiger partial charge < -0.3 is 15.5 Å². The molecule has 1 aromatic heterocycles. The maximum atomic E-state index is 11.5. The first kappa shape index (κ1) is 10.3. The fourth-order valence-corrected chi connectivity index (χ4v) is 2.03. The van der Waals surface area contributed by atoms with Crippen LogP contribution < -0.4 is 16.2 Å². The molecule has 1 aliphatic rings. The maximum Gasteiger partial charge on any atom is 0.345 e. The van der Waals surface area contributed by atoms with Crippen molar-refractivity contribution < 1.29 is 4.74 Å². The highest BCUT2D eigenvalue weighted by Crippen LogP contribution is 2.43. The molecule has 88 valence electrons. The summed E-state index contributed by atoms with van der Waals surface area (Å²) in [5, 5.41) is 0.894. The van der Waals surface area contributed by atoms with E-state index in [1.54, 1.807) is 13.2 Å². The first-order valence-corrected chi connectivity index (χ1v) is 5.50. The third kappa shape index (κ3) is 1.59. The van der Waals surface area contributed by atoms with E-state index in [0.717, 1.165) is 23.9 Å². The minimum atomic E-state index is -0.380. The van der Waals surface area contributed by atoms with Crippen LogP contribution >= 0.6 is 0 Å². The van der Waals surface area contributed by atoms with Crippen LogP contribution in [-0.2, 0) is 5.54 Å². The summed E-state index contributed by atoms with van der Waals surface area (Å²) in [6.45, 7) is 0. The minimum absolute atomic E-state index is 0.363. The van der Waals surface area contributed by atoms with Gasteiger partial charge in [-0.15, -0.1) is 0 Å². The number of fused-ring (bicyclic) bond motifs is 1. The number of nitrogens with zero attached hydrogens (tertiary/aromatic N) is 1. The molecule has 5 nitrogen and oxygen atoms in total. The molecule has 0 bridgehead atoms. The fourth-order valence-electron chi connectivity index (χ4n) is 2.03. The lowest BCUT2D eigenvalue weighted by Gasteiger charge is -2.12. The molecule has 1 fully saturated rings. The molecule has 1 saturated carbocycles. The van der Waals surface area contributed by atoms with Crippen LogP contribution in [0.3, 0.4) is 0 Å². The number of ether oxygens (including phenoxy) is 1. The Hall–Kier alpha value is -1.88. The molecule has 1 aliphatic carbocycles. The third-order valence-electron chi connectivity index (χ3n) is 3.21. The van der Waals surface area contributed by atoms with Crippen molar-refractivity contribution >= 4 is 10.9 Å². The topological polar surface area (TPSA) is 81.0 Å². The number of nitrogens with two attached hydrogens (primary N) is 1. The van der Waals surface area contributed by atoms with Gasteiger partial charge in [0.1, 0.15) is 5.75 Å². The molecule has 2 aromatic rings. The number of aromatic nitrogens is 2. The zero-order valence-corrected chi connectivity index (χ0v) is 9.49. The van der Waals surface area contributed by atoms with Crippen LogP contribution in [0.5, 0.6) is 5.75 Å². The molecular weight excluding hydrogens is 218 g/mol. The van der Waals surface area contributed by atoms with Gasteiger partial charge in [-0.05, 0) is 25.0 Å². The average molecular weight is 231 g/mol. The highest BCUT2D eigenvalue weighted by molar-refractivity contribution is 5.83. The lowest BCUT2D eigenvalue weighted by Crippen LogP contribution is -2.25. The molecule has 3 rings (SSSR count). The van der Waals surface area contributed by atoms with Gasteiger partial charge in [0.25, 0.3) is 0 Å². The number of nitrogens with one attached hydrogen (secondary N) is 1. The number of rotatable bonds is 2. The Bertz CT molecular complexity index is 644. The Morgan fingerprint density at radius 3 is 2.88 bits per heavy atom. The zero-order chi connectivity index (χ0) is 12.0. The molecule has 3 N–H and O–H groups in total. The standard InChI is InChI=1S/C12H13N3O2/c1-17-7-2-3-8-9(6-7)14-11(16)15-10(8)12(13)4-5-12/h2-3,6H,4-5,13H2,1H3,(H,14,15,16). The molecule has 0 spiro atoms. The molecule has 1 aromatic carbocycles. The monoisotopic (exact) mass is 231 g/mol. The van der Waals surface area contributed by atoms with Crippen LogP contribution in [0.25, 0.3) is 10.9 Å². The number of hydrogen-bond donors (Lipinski definition) is 2. The average Bonchev–Trinajstić information content (AvgIpc) is 3.06. The summed E-state index contributed by atoms with van der Waals surface area (Å²) < 4.78 is 5.12. The van der Waals surface area contributed by atoms with Crippen molar-refractivity contribution in [3.05, 3.63) is 34.4 Å². The van der Waals surface area contributed by atoms with E-state index in [0.29, 0.717) is 11.3 Å². The first-order chi connectivity index (χ1) is 8.12. The Morgan fingerprint density at radius 2 is 2.24 bits per heavy atom. The molecule has 1 heterocycles. The second kappa shape index (κ2) is 3.30. The van der Waals surface area contributed by atoms with Crippen molar-refractivity contribution in [2.45, 2.75) is 18.4 Å². The summed E-state index contributed by atoms with van der Waals surface area (Å²) in [5.41, 5.74) is 6.81. The van der Waals surface area contributed by atoms with Gasteiger partial charge in [-0.25, -0.2) is 4.79 Å². The predicted molar refractivity (Wildman–Crippen MR) is 64.0 cm³/mol. The lowest BCUT2D eigenvalue weighted by molar-refractivity contribution is 0.415. The van der Waals surface area contributed by atoms with Gasteiger partial charge >= 0.3 is 5.69 Å². The van der Waals surface area contributed by atoms with Crippen molar-refractivity contribution in [2.24, 2.45) is 5.73 Å². The van der Waals surface area contributed by atoms with E-state index in [1.807, 2.05) is 12.1 Å². The zero-order valence-electron chi connectivity index (χ0n) is 9.49. The summed E-state index contributed by atoms with van der Waals surface area (Å²) in [5.74, 6) is 0.684. The molecule has 0 radical (unpaired) electrons. The number of H-pyrrole nitrogens is 1. The van der Waals surface area contributed by atoms with Crippen LogP contribution in [0.15, 0.2) is 23.0 Å². The second-order valence-electron chi connectivity index (χ2n) is 4.46. The summed E-state index contributed by atoms with van der Waals surface area (Å²) in [7, 11) is 1.58. The summed E-state index contributed by atoms with van der Waals surface area (Å²) in [6.07, 6.45) is 1.79. The van der Waals surface area contributed by atoms with Crippen molar-refractivity contribution in [3.63, 3.8) is 0 Å². The van der Waals surface area contributed by atoms with Gasteiger partial charge in [-0.2, -0.15) is 4.98 Å². The number of methoxy groups -OCH3 is 1. The molecule has 0 atom stereocenters. The smallest absolute Gasteiger partial charge is 0.345 e. The van der Waals surface area contributed by atoms with Crippen molar-refractivity contribution in [1.82, 2.24) is 9.97 Å². The van der Waals surface area contributed by atoms with E-state index >= 15 is 0 Å². The van der Waals surface area contributed by atoms with Crippen molar-refractivity contribution in [3.8, 4) is 5.75 Å². The summed E-state index contributed by atoms with van der Waals surface area (Å²) in [6, 6.07) is 5.48. The van der Waals surface area contributed by atoms with Gasteiger partial charge in [-0.1, -0.05) is 0 Å². The Balaban J connectivity index is 2.32. The van der Waals surface area contributed by atoms with Gasteiger partial charge in [0.05, 0.1) is 18.2 Å². The van der Waals surface area contributed by atoms with E-state index in [2.05, 4.69) is 9.97 Å². The van der Waals surface area contributed by atoms with Gasteiger partial charge in [0.2, 0.25) is 0 Å². The van der Waals surface area contributed by atoms with Crippen molar-refractivity contribution in [2.75, 3.05) is 7.11 Å². The minimum Gasteiger partial charge on any atom is -0.497 e. The highest BCUT2D eigenvalue weighted by Gasteiger charge is 2.42. The number of aromatic amines is 1. The normalized spacial score (nSPS) is 17.1. The van der Waals surface area contributed by atoms with Gasteiger partial charge in [-0.3, -0.25) is 0 Å². The number of hydrogen-bond acceptors (Lipinski definition) is 4. The largest absolute Gasteiger partial charge is 0.497 e. The van der Waals surface area contributed by atoms with E-state index in [1.165, 1.54) is 0 Å². The van der Waals surface area contributed by atoms with E-state index in [-0.39, 0.29) is 11.2 Å². The summed E-state index contributed by atoms with van der Waals surface area (Å²) in [4.78, 5) is 18.2. The second-order valence-corrected chi connectivity index (χ2v) is 4.46. The molecule has 0 saturated heterocycles. The first-order valence-electron chi connectivity index (χ1n) is 5.50. The van der Waals surface area contributed by atoms with Gasteiger partial charge in [0, 0.05) is 17.1 Å². The maximum absolute atomic E-state index is 11.5. The molecule has 0 amide bonds. The van der Waals surface area contributed by atoms with E-state index in [9.17, 15) is 4.79 Å². The van der Waals surface area contributed by atoms with Crippen LogP contribution in [0.1, 0.15) is 18.5 Å². The van der Waals surface area contributed by atoms with Crippen LogP contribution in [0.2, 0.25) is 0 Å². The van der Waals surface area contributed by atoms with Crippen LogP contribution in [0.4, 0.5) is 0 Å². The third-order valence-corrected chi connectivity index (χ3v) is 3.21. The van der Waals surface area contributed by atoms with Crippen LogP contribution in [-0.4, -0.2) is 17.1 Å². The molecule has 0 aliphatic heterocycles. The Kier molecular flexibility index (Phi) is 2.00. The van der Waals surface area contributed by atoms with E-state index in [4.69, 9.17) is 10.5 Å².